The van der Waals surface area contributed by atoms with Crippen molar-refractivity contribution in [3.63, 3.8) is 0 Å². The molecule has 3 nitrogen and oxygen atoms in total. The number of amides is 1. The zero-order valence-corrected chi connectivity index (χ0v) is 15.0. The summed E-state index contributed by atoms with van der Waals surface area (Å²) in [6, 6.07) is 7.94. The van der Waals surface area contributed by atoms with Crippen LogP contribution in [0.15, 0.2) is 33.0 Å². The Hall–Kier alpha value is -1.24. The predicted molar refractivity (Wildman–Crippen MR) is 92.2 cm³/mol. The second-order valence-corrected chi connectivity index (χ2v) is 8.33. The molecule has 0 N–H and O–H groups in total. The Morgan fingerprint density at radius 1 is 1.24 bits per heavy atom. The summed E-state index contributed by atoms with van der Waals surface area (Å²) in [6.45, 7) is 4.17. The molecule has 0 saturated heterocycles. The number of fused-ring (bicyclic) bond motifs is 1. The zero-order chi connectivity index (χ0) is 15.1. The van der Waals surface area contributed by atoms with Gasteiger partial charge < -0.3 is 4.57 Å². The van der Waals surface area contributed by atoms with Crippen molar-refractivity contribution in [3.05, 3.63) is 48.9 Å². The number of nitrogens with zero attached hydrogens (tertiary/aromatic N) is 2. The van der Waals surface area contributed by atoms with E-state index >= 15 is 0 Å². The fourth-order valence-electron chi connectivity index (χ4n) is 2.25. The van der Waals surface area contributed by atoms with Crippen molar-refractivity contribution in [1.29, 1.82) is 0 Å². The molecule has 0 fully saturated rings. The highest BCUT2D eigenvalue weighted by Crippen LogP contribution is 2.24. The molecule has 2 aromatic heterocycles. The van der Waals surface area contributed by atoms with Crippen molar-refractivity contribution in [2.45, 2.75) is 13.8 Å². The molecule has 21 heavy (non-hydrogen) atoms. The van der Waals surface area contributed by atoms with E-state index in [1.165, 1.54) is 27.2 Å². The van der Waals surface area contributed by atoms with Gasteiger partial charge in [0.05, 0.1) is 18.9 Å². The molecule has 3 aromatic rings. The molecule has 0 radical (unpaired) electrons. The van der Waals surface area contributed by atoms with Gasteiger partial charge in [-0.05, 0) is 59.1 Å². The summed E-state index contributed by atoms with van der Waals surface area (Å²) in [6.07, 6.45) is 0. The van der Waals surface area contributed by atoms with Crippen LogP contribution in [0.4, 0.5) is 0 Å². The normalized spacial score (nSPS) is 12.3. The number of aromatic nitrogens is 1. The molecule has 0 spiro atoms. The lowest BCUT2D eigenvalue weighted by Crippen LogP contribution is -2.12. The standard InChI is InChI=1S/C15H13BrN2OS2/c1-8-6-9(2)13-10(7-8)18(3)15(21-13)17-14(19)11-4-5-12(16)20-11/h4-7H,1-3H3. The topological polar surface area (TPSA) is 34.4 Å². The average Bonchev–Trinajstić information content (AvgIpc) is 2.97. The molecule has 1 amide bonds. The van der Waals surface area contributed by atoms with E-state index in [-0.39, 0.29) is 5.91 Å². The number of thiophene rings is 1. The molecular weight excluding hydrogens is 368 g/mol. The van der Waals surface area contributed by atoms with Crippen LogP contribution in [0.2, 0.25) is 0 Å². The van der Waals surface area contributed by atoms with E-state index in [1.807, 2.05) is 17.7 Å². The number of hydrogen-bond acceptors (Lipinski definition) is 3. The first-order valence-corrected chi connectivity index (χ1v) is 8.79. The second kappa shape index (κ2) is 5.51. The molecule has 108 valence electrons. The third-order valence-electron chi connectivity index (χ3n) is 3.22. The number of aryl methyl sites for hydroxylation is 3. The van der Waals surface area contributed by atoms with Crippen LogP contribution >= 0.6 is 38.6 Å². The van der Waals surface area contributed by atoms with Gasteiger partial charge in [-0.15, -0.1) is 11.3 Å². The van der Waals surface area contributed by atoms with Gasteiger partial charge in [-0.2, -0.15) is 4.99 Å². The van der Waals surface area contributed by atoms with Gasteiger partial charge in [-0.1, -0.05) is 17.4 Å². The summed E-state index contributed by atoms with van der Waals surface area (Å²) in [5, 5.41) is 0. The van der Waals surface area contributed by atoms with Crippen LogP contribution in [0.5, 0.6) is 0 Å². The predicted octanol–water partition coefficient (Wildman–Crippen LogP) is 4.42. The summed E-state index contributed by atoms with van der Waals surface area (Å²) in [7, 11) is 1.95. The highest BCUT2D eigenvalue weighted by atomic mass is 79.9. The SMILES string of the molecule is Cc1cc(C)c2sc(=NC(=O)c3ccc(Br)s3)n(C)c2c1. The number of halogens is 1. The summed E-state index contributed by atoms with van der Waals surface area (Å²) < 4.78 is 4.11. The summed E-state index contributed by atoms with van der Waals surface area (Å²) >= 11 is 6.33. The Kier molecular flexibility index (Phi) is 3.86. The van der Waals surface area contributed by atoms with Crippen molar-refractivity contribution >= 4 is 54.7 Å². The van der Waals surface area contributed by atoms with E-state index in [1.54, 1.807) is 17.4 Å². The summed E-state index contributed by atoms with van der Waals surface area (Å²) in [4.78, 5) is 17.9. The first-order chi connectivity index (χ1) is 9.95. The van der Waals surface area contributed by atoms with Gasteiger partial charge in [-0.3, -0.25) is 4.79 Å². The van der Waals surface area contributed by atoms with Crippen LogP contribution in [-0.2, 0) is 7.05 Å². The Bertz CT molecular complexity index is 918. The third-order valence-corrected chi connectivity index (χ3v) is 6.12. The van der Waals surface area contributed by atoms with E-state index in [2.05, 4.69) is 46.9 Å². The lowest BCUT2D eigenvalue weighted by Gasteiger charge is -2.00. The average molecular weight is 381 g/mol. The number of benzene rings is 1. The zero-order valence-electron chi connectivity index (χ0n) is 11.8. The van der Waals surface area contributed by atoms with E-state index in [0.717, 1.165) is 14.1 Å². The van der Waals surface area contributed by atoms with Crippen LogP contribution in [0.3, 0.4) is 0 Å². The van der Waals surface area contributed by atoms with Crippen molar-refractivity contribution in [3.8, 4) is 0 Å². The first-order valence-electron chi connectivity index (χ1n) is 6.37. The molecule has 0 unspecified atom stereocenters. The van der Waals surface area contributed by atoms with Crippen LogP contribution in [0.1, 0.15) is 20.8 Å². The minimum absolute atomic E-state index is 0.192. The van der Waals surface area contributed by atoms with E-state index in [0.29, 0.717) is 4.88 Å². The number of hydrogen-bond donors (Lipinski definition) is 0. The third kappa shape index (κ3) is 2.75. The molecule has 0 aliphatic heterocycles. The van der Waals surface area contributed by atoms with Crippen LogP contribution in [0, 0.1) is 13.8 Å². The number of rotatable bonds is 1. The van der Waals surface area contributed by atoms with Gasteiger partial charge in [0.15, 0.2) is 4.80 Å². The fraction of sp³-hybridized carbons (Fsp3) is 0.200. The lowest BCUT2D eigenvalue weighted by atomic mass is 10.1. The molecule has 1 aromatic carbocycles. The molecule has 0 aliphatic rings. The Morgan fingerprint density at radius 3 is 2.67 bits per heavy atom. The van der Waals surface area contributed by atoms with Gasteiger partial charge in [0.1, 0.15) is 0 Å². The fourth-order valence-corrected chi connectivity index (χ4v) is 4.58. The maximum absolute atomic E-state index is 12.2. The van der Waals surface area contributed by atoms with Gasteiger partial charge in [-0.25, -0.2) is 0 Å². The molecule has 3 rings (SSSR count). The van der Waals surface area contributed by atoms with Crippen LogP contribution in [0.25, 0.3) is 10.2 Å². The molecular formula is C15H13BrN2OS2. The quantitative estimate of drug-likeness (QED) is 0.614. The molecule has 0 bridgehead atoms. The minimum Gasteiger partial charge on any atom is -0.319 e. The Labute approximate surface area is 138 Å². The highest BCUT2D eigenvalue weighted by molar-refractivity contribution is 9.11. The van der Waals surface area contributed by atoms with Gasteiger partial charge in [0.2, 0.25) is 0 Å². The highest BCUT2D eigenvalue weighted by Gasteiger charge is 2.10. The maximum Gasteiger partial charge on any atom is 0.289 e. The molecule has 0 atom stereocenters. The smallest absolute Gasteiger partial charge is 0.289 e. The van der Waals surface area contributed by atoms with Gasteiger partial charge in [0.25, 0.3) is 5.91 Å². The second-order valence-electron chi connectivity index (χ2n) is 4.89. The van der Waals surface area contributed by atoms with Crippen LogP contribution < -0.4 is 4.80 Å². The Morgan fingerprint density at radius 2 is 2.00 bits per heavy atom. The number of carbonyl (C=O) groups excluding carboxylic acids is 1. The summed E-state index contributed by atoms with van der Waals surface area (Å²) in [5.74, 6) is -0.192. The lowest BCUT2D eigenvalue weighted by molar-refractivity contribution is 0.100. The molecule has 6 heteroatoms. The summed E-state index contributed by atoms with van der Waals surface area (Å²) in [5.41, 5.74) is 3.56. The molecule has 0 saturated carbocycles. The van der Waals surface area contributed by atoms with Crippen LogP contribution in [-0.4, -0.2) is 10.5 Å². The van der Waals surface area contributed by atoms with Crippen molar-refractivity contribution in [2.75, 3.05) is 0 Å². The van der Waals surface area contributed by atoms with Gasteiger partial charge in [0, 0.05) is 7.05 Å². The maximum atomic E-state index is 12.2. The van der Waals surface area contributed by atoms with Crippen molar-refractivity contribution < 1.29 is 4.79 Å². The number of thiazole rings is 1. The first kappa shape index (κ1) is 14.7. The van der Waals surface area contributed by atoms with Crippen molar-refractivity contribution in [2.24, 2.45) is 12.0 Å². The molecule has 2 heterocycles. The largest absolute Gasteiger partial charge is 0.319 e. The van der Waals surface area contributed by atoms with Gasteiger partial charge >= 0.3 is 0 Å². The van der Waals surface area contributed by atoms with E-state index in [9.17, 15) is 4.79 Å². The Balaban J connectivity index is 2.16. The molecule has 0 aliphatic carbocycles. The van der Waals surface area contributed by atoms with E-state index in [4.69, 9.17) is 0 Å². The van der Waals surface area contributed by atoms with E-state index < -0.39 is 0 Å². The minimum atomic E-state index is -0.192. The monoisotopic (exact) mass is 380 g/mol. The van der Waals surface area contributed by atoms with Crippen molar-refractivity contribution in [1.82, 2.24) is 4.57 Å². The number of carbonyl (C=O) groups is 1.